The van der Waals surface area contributed by atoms with Gasteiger partial charge in [-0.3, -0.25) is 9.59 Å². The molecular weight excluding hydrogens is 496 g/mol. The van der Waals surface area contributed by atoms with Gasteiger partial charge < -0.3 is 19.5 Å². The third-order valence-corrected chi connectivity index (χ3v) is 8.69. The fourth-order valence-corrected chi connectivity index (χ4v) is 6.36. The number of nitrogens with zero attached hydrogens (tertiary/aromatic N) is 2. The van der Waals surface area contributed by atoms with Crippen LogP contribution in [0.4, 0.5) is 0 Å². The number of carbonyl (C=O) groups excluding carboxylic acids is 2. The van der Waals surface area contributed by atoms with Gasteiger partial charge in [0.15, 0.2) is 0 Å². The summed E-state index contributed by atoms with van der Waals surface area (Å²) in [6.45, 7) is 1.62. The number of likely N-dealkylation sites (tertiary alicyclic amines) is 1. The molecule has 4 rings (SSSR count). The highest BCUT2D eigenvalue weighted by molar-refractivity contribution is 7.89. The smallest absolute Gasteiger partial charge is 0.295 e. The zero-order valence-corrected chi connectivity index (χ0v) is 21.9. The van der Waals surface area contributed by atoms with Gasteiger partial charge in [0, 0.05) is 38.9 Å². The van der Waals surface area contributed by atoms with Gasteiger partial charge in [-0.1, -0.05) is 18.6 Å². The Bertz CT molecular complexity index is 1280. The second-order valence-corrected chi connectivity index (χ2v) is 11.0. The van der Waals surface area contributed by atoms with E-state index in [9.17, 15) is 23.1 Å². The number of carbonyl (C=O) groups is 2. The van der Waals surface area contributed by atoms with Crippen LogP contribution in [0.25, 0.3) is 5.76 Å². The zero-order chi connectivity index (χ0) is 26.6. The van der Waals surface area contributed by atoms with Gasteiger partial charge in [0.2, 0.25) is 10.0 Å². The molecule has 2 heterocycles. The van der Waals surface area contributed by atoms with Crippen molar-refractivity contribution in [3.05, 3.63) is 65.2 Å². The number of aliphatic hydroxyl groups is 1. The predicted octanol–water partition coefficient (Wildman–Crippen LogP) is 3.33. The number of hydrogen-bond donors (Lipinski definition) is 1. The van der Waals surface area contributed by atoms with Crippen molar-refractivity contribution in [3.63, 3.8) is 0 Å². The average Bonchev–Trinajstić information content (AvgIpc) is 3.18. The third kappa shape index (κ3) is 5.41. The SMILES string of the molecule is COCCCN1C(=O)C(=O)/C(=C(/O)c2ccc(S(=O)(=O)N3CCCCC3)cc2)C1c1cccc(OC)c1. The molecule has 2 aromatic carbocycles. The van der Waals surface area contributed by atoms with E-state index in [2.05, 4.69) is 0 Å². The number of benzene rings is 2. The largest absolute Gasteiger partial charge is 0.507 e. The van der Waals surface area contributed by atoms with Crippen molar-refractivity contribution in [3.8, 4) is 5.75 Å². The van der Waals surface area contributed by atoms with Crippen molar-refractivity contribution in [2.45, 2.75) is 36.6 Å². The molecule has 0 saturated carbocycles. The quantitative estimate of drug-likeness (QED) is 0.230. The topological polar surface area (TPSA) is 113 Å². The highest BCUT2D eigenvalue weighted by Gasteiger charge is 2.46. The maximum atomic E-state index is 13.2. The summed E-state index contributed by atoms with van der Waals surface area (Å²) >= 11 is 0. The molecule has 0 spiro atoms. The molecule has 0 bridgehead atoms. The second kappa shape index (κ2) is 11.5. The van der Waals surface area contributed by atoms with Crippen molar-refractivity contribution in [1.29, 1.82) is 0 Å². The molecule has 10 heteroatoms. The number of methoxy groups -OCH3 is 2. The van der Waals surface area contributed by atoms with Crippen LogP contribution in [-0.4, -0.2) is 74.9 Å². The van der Waals surface area contributed by atoms with E-state index in [1.165, 1.54) is 40.6 Å². The molecule has 2 aliphatic heterocycles. The molecule has 37 heavy (non-hydrogen) atoms. The second-order valence-electron chi connectivity index (χ2n) is 9.10. The lowest BCUT2D eigenvalue weighted by molar-refractivity contribution is -0.140. The first-order valence-electron chi connectivity index (χ1n) is 12.3. The molecule has 1 atom stereocenters. The molecule has 0 aliphatic carbocycles. The molecule has 2 aliphatic rings. The van der Waals surface area contributed by atoms with E-state index in [1.807, 2.05) is 0 Å². The predicted molar refractivity (Wildman–Crippen MR) is 138 cm³/mol. The number of rotatable bonds is 9. The van der Waals surface area contributed by atoms with Gasteiger partial charge in [0.1, 0.15) is 11.5 Å². The fourth-order valence-electron chi connectivity index (χ4n) is 4.84. The summed E-state index contributed by atoms with van der Waals surface area (Å²) in [6, 6.07) is 11.9. The maximum absolute atomic E-state index is 13.2. The Morgan fingerprint density at radius 1 is 1.03 bits per heavy atom. The van der Waals surface area contributed by atoms with Crippen LogP contribution in [-0.2, 0) is 24.3 Å². The summed E-state index contributed by atoms with van der Waals surface area (Å²) in [5.41, 5.74) is 0.810. The van der Waals surface area contributed by atoms with Crippen molar-refractivity contribution < 1.29 is 32.6 Å². The van der Waals surface area contributed by atoms with Crippen LogP contribution in [0.3, 0.4) is 0 Å². The fraction of sp³-hybridized carbons (Fsp3) is 0.407. The first kappa shape index (κ1) is 26.8. The van der Waals surface area contributed by atoms with E-state index in [-0.39, 0.29) is 28.3 Å². The molecule has 9 nitrogen and oxygen atoms in total. The number of amides is 1. The molecule has 1 unspecified atom stereocenters. The minimum atomic E-state index is -3.65. The first-order valence-corrected chi connectivity index (χ1v) is 13.8. The maximum Gasteiger partial charge on any atom is 0.295 e. The van der Waals surface area contributed by atoms with E-state index in [1.54, 1.807) is 31.4 Å². The minimum Gasteiger partial charge on any atom is -0.507 e. The Labute approximate surface area is 217 Å². The van der Waals surface area contributed by atoms with E-state index in [0.29, 0.717) is 37.4 Å². The van der Waals surface area contributed by atoms with Gasteiger partial charge in [-0.25, -0.2) is 8.42 Å². The molecule has 0 radical (unpaired) electrons. The number of ether oxygens (including phenoxy) is 2. The Hall–Kier alpha value is -3.21. The lowest BCUT2D eigenvalue weighted by Gasteiger charge is -2.26. The van der Waals surface area contributed by atoms with Crippen molar-refractivity contribution >= 4 is 27.5 Å². The van der Waals surface area contributed by atoms with Crippen LogP contribution in [0.15, 0.2) is 59.0 Å². The Morgan fingerprint density at radius 3 is 2.38 bits per heavy atom. The molecule has 2 fully saturated rings. The molecule has 1 N–H and O–H groups in total. The van der Waals surface area contributed by atoms with E-state index >= 15 is 0 Å². The lowest BCUT2D eigenvalue weighted by Crippen LogP contribution is -2.35. The van der Waals surface area contributed by atoms with Gasteiger partial charge in [0.05, 0.1) is 23.6 Å². The number of aliphatic hydroxyl groups excluding tert-OH is 1. The number of ketones is 1. The lowest BCUT2D eigenvalue weighted by atomic mass is 9.95. The van der Waals surface area contributed by atoms with Crippen LogP contribution in [0.5, 0.6) is 5.75 Å². The molecule has 1 amide bonds. The number of Topliss-reactive ketones (excluding diaryl/α,β-unsaturated/α-hetero) is 1. The summed E-state index contributed by atoms with van der Waals surface area (Å²) in [4.78, 5) is 27.7. The number of piperidine rings is 1. The van der Waals surface area contributed by atoms with Gasteiger partial charge >= 0.3 is 0 Å². The summed E-state index contributed by atoms with van der Waals surface area (Å²) in [5, 5.41) is 11.3. The summed E-state index contributed by atoms with van der Waals surface area (Å²) < 4.78 is 37.9. The summed E-state index contributed by atoms with van der Waals surface area (Å²) in [6.07, 6.45) is 3.17. The van der Waals surface area contributed by atoms with Crippen molar-refractivity contribution in [2.24, 2.45) is 0 Å². The summed E-state index contributed by atoms with van der Waals surface area (Å²) in [7, 11) is -0.565. The Morgan fingerprint density at radius 2 is 1.73 bits per heavy atom. The van der Waals surface area contributed by atoms with Gasteiger partial charge in [0.25, 0.3) is 11.7 Å². The van der Waals surface area contributed by atoms with Crippen LogP contribution >= 0.6 is 0 Å². The van der Waals surface area contributed by atoms with Gasteiger partial charge in [-0.15, -0.1) is 0 Å². The van der Waals surface area contributed by atoms with Crippen LogP contribution in [0, 0.1) is 0 Å². The minimum absolute atomic E-state index is 0.0534. The van der Waals surface area contributed by atoms with E-state index < -0.39 is 27.8 Å². The van der Waals surface area contributed by atoms with Crippen molar-refractivity contribution in [1.82, 2.24) is 9.21 Å². The van der Waals surface area contributed by atoms with Gasteiger partial charge in [-0.05, 0) is 61.2 Å². The molecule has 2 aromatic rings. The summed E-state index contributed by atoms with van der Waals surface area (Å²) in [5.74, 6) is -1.32. The third-order valence-electron chi connectivity index (χ3n) is 6.78. The molecule has 0 aromatic heterocycles. The van der Waals surface area contributed by atoms with Crippen LogP contribution < -0.4 is 4.74 Å². The Kier molecular flexibility index (Phi) is 8.31. The number of sulfonamides is 1. The highest BCUT2D eigenvalue weighted by Crippen LogP contribution is 2.40. The Balaban J connectivity index is 1.73. The van der Waals surface area contributed by atoms with Crippen LogP contribution in [0.1, 0.15) is 42.9 Å². The number of hydrogen-bond acceptors (Lipinski definition) is 7. The first-order chi connectivity index (χ1) is 17.8. The van der Waals surface area contributed by atoms with E-state index in [0.717, 1.165) is 19.3 Å². The normalized spacial score (nSPS) is 20.4. The van der Waals surface area contributed by atoms with Crippen molar-refractivity contribution in [2.75, 3.05) is 40.5 Å². The highest BCUT2D eigenvalue weighted by atomic mass is 32.2. The van der Waals surface area contributed by atoms with E-state index in [4.69, 9.17) is 9.47 Å². The standard InChI is InChI=1S/C27H32N2O7S/c1-35-17-7-16-29-24(20-8-6-9-21(18-20)36-2)23(26(31)27(29)32)25(30)19-10-12-22(13-11-19)37(33,34)28-14-4-3-5-15-28/h6,8-13,18,24,30H,3-5,7,14-17H2,1-2H3/b25-23+. The average molecular weight is 529 g/mol. The monoisotopic (exact) mass is 528 g/mol. The molecule has 2 saturated heterocycles. The zero-order valence-electron chi connectivity index (χ0n) is 21.1. The molecule has 198 valence electrons. The van der Waals surface area contributed by atoms with Gasteiger partial charge in [-0.2, -0.15) is 4.31 Å². The molecular formula is C27H32N2O7S. The van der Waals surface area contributed by atoms with Crippen LogP contribution in [0.2, 0.25) is 0 Å².